The van der Waals surface area contributed by atoms with Crippen molar-refractivity contribution in [3.05, 3.63) is 65.9 Å². The number of phenolic OH excluding ortho intramolecular Hbond substituents is 1. The Labute approximate surface area is 202 Å². The van der Waals surface area contributed by atoms with Gasteiger partial charge in [0, 0.05) is 24.3 Å². The minimum absolute atomic E-state index is 0.0506. The van der Waals surface area contributed by atoms with Gasteiger partial charge in [0.05, 0.1) is 29.3 Å². The van der Waals surface area contributed by atoms with E-state index in [0.29, 0.717) is 17.6 Å². The molecule has 3 aromatic rings. The number of nitrogens with zero attached hydrogens (tertiary/aromatic N) is 1. The monoisotopic (exact) mass is 502 g/mol. The second-order valence-corrected chi connectivity index (χ2v) is 9.45. The number of phenols is 1. The first-order valence-electron chi connectivity index (χ1n) is 10.8. The van der Waals surface area contributed by atoms with E-state index in [-0.39, 0.29) is 22.6 Å². The number of hydrogen-bond donors (Lipinski definition) is 4. The van der Waals surface area contributed by atoms with E-state index >= 15 is 0 Å². The number of aromatic carboxylic acids is 1. The standard InChI is InChI=1S/C23H22N2O5.CH4O3S/c26-20-9-7-16(25-10-2-1-3-11-25)14-18(20)22(27)24-19-13-15(21-5-4-12-30-21)6-8-17(19)23(28)29;1-5(2,3)4/h4-9,12-14,26H,1-3,10-11H2,(H,24,27)(H,28,29);1H3,(H,2,3,4). The van der Waals surface area contributed by atoms with Crippen LogP contribution in [0.2, 0.25) is 0 Å². The van der Waals surface area contributed by atoms with E-state index in [2.05, 4.69) is 10.2 Å². The molecule has 0 saturated carbocycles. The van der Waals surface area contributed by atoms with Crippen LogP contribution in [0.25, 0.3) is 11.3 Å². The number of amides is 1. The summed E-state index contributed by atoms with van der Waals surface area (Å²) in [5.74, 6) is -1.35. The number of aromatic hydroxyl groups is 1. The lowest BCUT2D eigenvalue weighted by atomic mass is 10.1. The highest BCUT2D eigenvalue weighted by molar-refractivity contribution is 7.85. The quantitative estimate of drug-likeness (QED) is 0.377. The molecule has 1 aromatic heterocycles. The maximum atomic E-state index is 12.9. The Bertz CT molecular complexity index is 1290. The number of carboxylic acids is 1. The average Bonchev–Trinajstić information content (AvgIpc) is 3.34. The molecule has 2 aromatic carbocycles. The van der Waals surface area contributed by atoms with Gasteiger partial charge in [0.25, 0.3) is 16.0 Å². The van der Waals surface area contributed by atoms with Gasteiger partial charge in [-0.05, 0) is 61.7 Å². The highest BCUT2D eigenvalue weighted by Crippen LogP contribution is 2.30. The molecule has 1 aliphatic rings. The maximum Gasteiger partial charge on any atom is 0.337 e. The highest BCUT2D eigenvalue weighted by Gasteiger charge is 2.19. The van der Waals surface area contributed by atoms with E-state index in [0.717, 1.165) is 31.6 Å². The van der Waals surface area contributed by atoms with Crippen molar-refractivity contribution in [2.24, 2.45) is 0 Å². The molecular weight excluding hydrogens is 476 g/mol. The molecule has 4 N–H and O–H groups in total. The van der Waals surface area contributed by atoms with Gasteiger partial charge in [-0.2, -0.15) is 8.42 Å². The Morgan fingerprint density at radius 1 is 1.00 bits per heavy atom. The normalized spacial score (nSPS) is 13.5. The van der Waals surface area contributed by atoms with Crippen molar-refractivity contribution in [2.45, 2.75) is 19.3 Å². The molecule has 1 saturated heterocycles. The number of benzene rings is 2. The van der Waals surface area contributed by atoms with Gasteiger partial charge in [-0.25, -0.2) is 4.79 Å². The summed E-state index contributed by atoms with van der Waals surface area (Å²) in [6.07, 6.45) is 5.59. The summed E-state index contributed by atoms with van der Waals surface area (Å²) >= 11 is 0. The van der Waals surface area contributed by atoms with E-state index in [1.807, 2.05) is 0 Å². The molecule has 0 spiro atoms. The van der Waals surface area contributed by atoms with E-state index in [9.17, 15) is 28.2 Å². The predicted molar refractivity (Wildman–Crippen MR) is 131 cm³/mol. The number of carboxylic acid groups (broad SMARTS) is 1. The van der Waals surface area contributed by atoms with Crippen molar-refractivity contribution in [1.82, 2.24) is 0 Å². The molecule has 11 heteroatoms. The number of nitrogens with one attached hydrogen (secondary N) is 1. The summed E-state index contributed by atoms with van der Waals surface area (Å²) in [4.78, 5) is 26.8. The number of carbonyl (C=O) groups is 2. The first-order valence-corrected chi connectivity index (χ1v) is 12.6. The summed E-state index contributed by atoms with van der Waals surface area (Å²) in [5, 5.41) is 22.4. The fraction of sp³-hybridized carbons (Fsp3) is 0.250. The zero-order chi connectivity index (χ0) is 25.6. The molecule has 4 rings (SSSR count). The van der Waals surface area contributed by atoms with Crippen LogP contribution < -0.4 is 10.2 Å². The first-order chi connectivity index (χ1) is 16.5. The Balaban J connectivity index is 0.000000623. The van der Waals surface area contributed by atoms with Crippen LogP contribution in [0.5, 0.6) is 5.75 Å². The molecule has 0 radical (unpaired) electrons. The van der Waals surface area contributed by atoms with E-state index in [1.54, 1.807) is 36.4 Å². The molecule has 2 heterocycles. The third kappa shape index (κ3) is 7.33. The van der Waals surface area contributed by atoms with Crippen molar-refractivity contribution >= 4 is 33.4 Å². The minimum Gasteiger partial charge on any atom is -0.507 e. The number of hydrogen-bond acceptors (Lipinski definition) is 7. The topological polar surface area (TPSA) is 157 Å². The van der Waals surface area contributed by atoms with Crippen LogP contribution in [0.1, 0.15) is 40.0 Å². The van der Waals surface area contributed by atoms with E-state index in [1.165, 1.54) is 24.8 Å². The number of carbonyl (C=O) groups excluding carboxylic acids is 1. The summed E-state index contributed by atoms with van der Waals surface area (Å²) in [6.45, 7) is 1.81. The predicted octanol–water partition coefficient (Wildman–Crippen LogP) is 4.10. The number of piperidine rings is 1. The van der Waals surface area contributed by atoms with Crippen LogP contribution >= 0.6 is 0 Å². The number of anilines is 2. The van der Waals surface area contributed by atoms with Crippen LogP contribution in [-0.4, -0.2) is 54.4 Å². The second kappa shape index (κ2) is 11.1. The summed E-state index contributed by atoms with van der Waals surface area (Å²) in [7, 11) is -3.67. The summed E-state index contributed by atoms with van der Waals surface area (Å²) in [6, 6.07) is 13.0. The zero-order valence-corrected chi connectivity index (χ0v) is 19.8. The highest BCUT2D eigenvalue weighted by atomic mass is 32.2. The molecule has 35 heavy (non-hydrogen) atoms. The van der Waals surface area contributed by atoms with Crippen LogP contribution in [-0.2, 0) is 10.1 Å². The molecule has 186 valence electrons. The van der Waals surface area contributed by atoms with Crippen LogP contribution in [0.4, 0.5) is 11.4 Å². The van der Waals surface area contributed by atoms with E-state index in [4.69, 9.17) is 8.97 Å². The van der Waals surface area contributed by atoms with Gasteiger partial charge in [-0.15, -0.1) is 0 Å². The number of rotatable bonds is 5. The Hall–Kier alpha value is -3.83. The zero-order valence-electron chi connectivity index (χ0n) is 19.0. The van der Waals surface area contributed by atoms with Gasteiger partial charge in [0.15, 0.2) is 0 Å². The molecule has 0 bridgehead atoms. The smallest absolute Gasteiger partial charge is 0.337 e. The van der Waals surface area contributed by atoms with Crippen molar-refractivity contribution in [3.8, 4) is 17.1 Å². The molecule has 0 unspecified atom stereocenters. The van der Waals surface area contributed by atoms with Gasteiger partial charge >= 0.3 is 5.97 Å². The van der Waals surface area contributed by atoms with Gasteiger partial charge in [-0.1, -0.05) is 6.07 Å². The maximum absolute atomic E-state index is 12.9. The lowest BCUT2D eigenvalue weighted by molar-refractivity contribution is 0.0698. The molecular formula is C24H26N2O8S. The molecule has 1 amide bonds. The fourth-order valence-corrected chi connectivity index (χ4v) is 3.67. The van der Waals surface area contributed by atoms with Gasteiger partial charge in [0.2, 0.25) is 0 Å². The van der Waals surface area contributed by atoms with Crippen LogP contribution in [0.15, 0.2) is 59.2 Å². The third-order valence-electron chi connectivity index (χ3n) is 5.25. The Morgan fingerprint density at radius 3 is 2.29 bits per heavy atom. The molecule has 1 aliphatic heterocycles. The third-order valence-corrected chi connectivity index (χ3v) is 5.25. The average molecular weight is 503 g/mol. The SMILES string of the molecule is CS(=O)(=O)O.O=C(Nc1cc(-c2ccco2)ccc1C(=O)O)c1cc(N2CCCCC2)ccc1O. The fourth-order valence-electron chi connectivity index (χ4n) is 3.67. The van der Waals surface area contributed by atoms with Crippen molar-refractivity contribution in [3.63, 3.8) is 0 Å². The Kier molecular flexibility index (Phi) is 8.15. The van der Waals surface area contributed by atoms with Gasteiger partial charge in [0.1, 0.15) is 11.5 Å². The minimum atomic E-state index is -3.67. The van der Waals surface area contributed by atoms with Crippen molar-refractivity contribution in [1.29, 1.82) is 0 Å². The molecule has 0 atom stereocenters. The molecule has 10 nitrogen and oxygen atoms in total. The Morgan fingerprint density at radius 2 is 1.69 bits per heavy atom. The van der Waals surface area contributed by atoms with Crippen LogP contribution in [0, 0.1) is 0 Å². The summed E-state index contributed by atoms with van der Waals surface area (Å²) < 4.78 is 31.2. The van der Waals surface area contributed by atoms with Crippen molar-refractivity contribution < 1.29 is 37.2 Å². The van der Waals surface area contributed by atoms with E-state index < -0.39 is 22.0 Å². The number of furan rings is 1. The van der Waals surface area contributed by atoms with Gasteiger partial charge < -0.3 is 24.8 Å². The summed E-state index contributed by atoms with van der Waals surface area (Å²) in [5.41, 5.74) is 1.67. The molecule has 1 fully saturated rings. The first kappa shape index (κ1) is 25.8. The molecule has 0 aliphatic carbocycles. The van der Waals surface area contributed by atoms with Crippen LogP contribution in [0.3, 0.4) is 0 Å². The van der Waals surface area contributed by atoms with Crippen molar-refractivity contribution in [2.75, 3.05) is 29.6 Å². The lowest BCUT2D eigenvalue weighted by Gasteiger charge is -2.29. The second-order valence-electron chi connectivity index (χ2n) is 7.98. The lowest BCUT2D eigenvalue weighted by Crippen LogP contribution is -2.29. The largest absolute Gasteiger partial charge is 0.507 e. The van der Waals surface area contributed by atoms with Gasteiger partial charge in [-0.3, -0.25) is 9.35 Å².